The van der Waals surface area contributed by atoms with E-state index in [1.54, 1.807) is 18.4 Å². The van der Waals surface area contributed by atoms with Gasteiger partial charge in [-0.2, -0.15) is 5.26 Å². The SMILES string of the molecule is COc1cc(/C=C(\C#N)Sc2nc3ccccc3s2)cc(I)c1OCc1cccc2ccccc12. The molecule has 0 atom stereocenters. The molecule has 0 N–H and O–H groups in total. The summed E-state index contributed by atoms with van der Waals surface area (Å²) in [5.41, 5.74) is 2.93. The molecule has 0 aliphatic carbocycles. The molecular weight excluding hydrogens is 587 g/mol. The largest absolute Gasteiger partial charge is 0.493 e. The Morgan fingerprint density at radius 3 is 2.71 bits per heavy atom. The molecule has 0 fully saturated rings. The van der Waals surface area contributed by atoms with E-state index in [0.717, 1.165) is 29.3 Å². The van der Waals surface area contributed by atoms with Crippen LogP contribution in [-0.2, 0) is 6.61 Å². The Morgan fingerprint density at radius 2 is 1.89 bits per heavy atom. The molecule has 0 bridgehead atoms. The van der Waals surface area contributed by atoms with Crippen molar-refractivity contribution in [1.29, 1.82) is 5.26 Å². The van der Waals surface area contributed by atoms with Gasteiger partial charge in [0, 0.05) is 0 Å². The second-order valence-electron chi connectivity index (χ2n) is 7.63. The molecule has 0 aliphatic rings. The maximum atomic E-state index is 9.75. The minimum Gasteiger partial charge on any atom is -0.493 e. The van der Waals surface area contributed by atoms with Gasteiger partial charge in [0.05, 0.1) is 25.8 Å². The molecule has 0 spiro atoms. The second kappa shape index (κ2) is 10.7. The van der Waals surface area contributed by atoms with E-state index in [-0.39, 0.29) is 0 Å². The number of ether oxygens (including phenoxy) is 2. The molecule has 172 valence electrons. The van der Waals surface area contributed by atoms with Crippen molar-refractivity contribution in [2.75, 3.05) is 7.11 Å². The number of halogens is 1. The molecule has 0 saturated carbocycles. The lowest BCUT2D eigenvalue weighted by Gasteiger charge is -2.15. The number of hydrogen-bond donors (Lipinski definition) is 0. The van der Waals surface area contributed by atoms with Gasteiger partial charge in [-0.15, -0.1) is 11.3 Å². The number of hydrogen-bond acceptors (Lipinski definition) is 6. The summed E-state index contributed by atoms with van der Waals surface area (Å²) in [4.78, 5) is 5.19. The summed E-state index contributed by atoms with van der Waals surface area (Å²) in [6, 6.07) is 28.7. The van der Waals surface area contributed by atoms with Gasteiger partial charge in [-0.1, -0.05) is 54.6 Å². The molecule has 0 amide bonds. The predicted molar refractivity (Wildman–Crippen MR) is 153 cm³/mol. The number of nitrogens with zero attached hydrogens (tertiary/aromatic N) is 2. The molecule has 5 rings (SSSR count). The van der Waals surface area contributed by atoms with Crippen molar-refractivity contribution in [1.82, 2.24) is 4.98 Å². The van der Waals surface area contributed by atoms with Crippen molar-refractivity contribution in [3.05, 3.63) is 98.5 Å². The molecule has 4 aromatic carbocycles. The number of fused-ring (bicyclic) bond motifs is 2. The first-order valence-electron chi connectivity index (χ1n) is 10.8. The minimum absolute atomic E-state index is 0.430. The number of rotatable bonds is 7. The highest BCUT2D eigenvalue weighted by Crippen LogP contribution is 2.38. The van der Waals surface area contributed by atoms with Crippen molar-refractivity contribution >= 4 is 72.8 Å². The van der Waals surface area contributed by atoms with Crippen LogP contribution >= 0.6 is 45.7 Å². The Kier molecular flexibility index (Phi) is 7.23. The highest BCUT2D eigenvalue weighted by molar-refractivity contribution is 14.1. The van der Waals surface area contributed by atoms with Gasteiger partial charge in [-0.05, 0) is 86.6 Å². The number of allylic oxidation sites excluding steroid dienone is 1. The first-order valence-corrected chi connectivity index (χ1v) is 13.5. The first kappa shape index (κ1) is 23.7. The van der Waals surface area contributed by atoms with Crippen molar-refractivity contribution in [2.45, 2.75) is 10.9 Å². The van der Waals surface area contributed by atoms with Crippen molar-refractivity contribution in [3.63, 3.8) is 0 Å². The maximum Gasteiger partial charge on any atom is 0.174 e. The number of para-hydroxylation sites is 1. The third-order valence-electron chi connectivity index (χ3n) is 5.38. The van der Waals surface area contributed by atoms with Crippen LogP contribution in [0.2, 0.25) is 0 Å². The number of thioether (sulfide) groups is 1. The monoisotopic (exact) mass is 606 g/mol. The van der Waals surface area contributed by atoms with Gasteiger partial charge in [-0.3, -0.25) is 0 Å². The second-order valence-corrected chi connectivity index (χ2v) is 11.1. The van der Waals surface area contributed by atoms with Crippen molar-refractivity contribution in [2.24, 2.45) is 0 Å². The van der Waals surface area contributed by atoms with E-state index in [1.807, 2.05) is 60.7 Å². The van der Waals surface area contributed by atoms with Crippen LogP contribution in [0, 0.1) is 14.9 Å². The highest BCUT2D eigenvalue weighted by Gasteiger charge is 2.14. The summed E-state index contributed by atoms with van der Waals surface area (Å²) >= 11 is 5.21. The van der Waals surface area contributed by atoms with Gasteiger partial charge in [-0.25, -0.2) is 4.98 Å². The van der Waals surface area contributed by atoms with Crippen LogP contribution in [-0.4, -0.2) is 12.1 Å². The Hall–Kier alpha value is -3.06. The molecule has 0 unspecified atom stereocenters. The molecule has 5 aromatic rings. The average Bonchev–Trinajstić information content (AvgIpc) is 3.29. The summed E-state index contributed by atoms with van der Waals surface area (Å²) in [5.74, 6) is 1.32. The van der Waals surface area contributed by atoms with Gasteiger partial charge in [0.15, 0.2) is 15.8 Å². The Balaban J connectivity index is 1.39. The summed E-state index contributed by atoms with van der Waals surface area (Å²) < 4.78 is 14.8. The molecule has 0 aliphatic heterocycles. The molecular formula is C28H19IN2O2S2. The lowest BCUT2D eigenvalue weighted by Crippen LogP contribution is -2.01. The number of aromatic nitrogens is 1. The fraction of sp³-hybridized carbons (Fsp3) is 0.0714. The zero-order valence-corrected chi connectivity index (χ0v) is 22.5. The van der Waals surface area contributed by atoms with Crippen LogP contribution in [0.4, 0.5) is 0 Å². The zero-order chi connectivity index (χ0) is 24.2. The topological polar surface area (TPSA) is 55.1 Å². The standard InChI is InChI=1S/C28H19IN2O2S2/c1-32-25-15-18(13-21(16-30)34-28-31-24-11-4-5-12-26(24)35-28)14-23(29)27(25)33-17-20-9-6-8-19-7-2-3-10-22(19)20/h2-15H,17H2,1H3/b21-13+. The molecule has 0 saturated heterocycles. The fourth-order valence-corrected chi connectivity index (χ4v) is 6.51. The van der Waals surface area contributed by atoms with Crippen molar-refractivity contribution in [3.8, 4) is 17.6 Å². The summed E-state index contributed by atoms with van der Waals surface area (Å²) in [7, 11) is 1.63. The Bertz CT molecular complexity index is 1570. The predicted octanol–water partition coefficient (Wildman–Crippen LogP) is 8.30. The van der Waals surface area contributed by atoms with Crippen LogP contribution in [0.1, 0.15) is 11.1 Å². The van der Waals surface area contributed by atoms with E-state index >= 15 is 0 Å². The smallest absolute Gasteiger partial charge is 0.174 e. The van der Waals surface area contributed by atoms with E-state index in [0.29, 0.717) is 23.0 Å². The van der Waals surface area contributed by atoms with E-state index in [2.05, 4.69) is 57.9 Å². The molecule has 1 heterocycles. The third-order valence-corrected chi connectivity index (χ3v) is 8.21. The van der Waals surface area contributed by atoms with Crippen LogP contribution in [0.25, 0.3) is 27.1 Å². The molecule has 4 nitrogen and oxygen atoms in total. The van der Waals surface area contributed by atoms with Crippen LogP contribution in [0.5, 0.6) is 11.5 Å². The average molecular weight is 607 g/mol. The third kappa shape index (κ3) is 5.30. The van der Waals surface area contributed by atoms with Gasteiger partial charge < -0.3 is 9.47 Å². The first-order chi connectivity index (χ1) is 17.1. The number of methoxy groups -OCH3 is 1. The minimum atomic E-state index is 0.430. The fourth-order valence-electron chi connectivity index (χ4n) is 3.76. The van der Waals surface area contributed by atoms with E-state index in [1.165, 1.54) is 22.5 Å². The normalized spacial score (nSPS) is 11.5. The molecule has 7 heteroatoms. The van der Waals surface area contributed by atoms with Gasteiger partial charge in [0.1, 0.15) is 12.7 Å². The highest BCUT2D eigenvalue weighted by atomic mass is 127. The van der Waals surface area contributed by atoms with E-state index in [4.69, 9.17) is 9.47 Å². The Labute approximate surface area is 225 Å². The van der Waals surface area contributed by atoms with Crippen LogP contribution in [0.15, 0.2) is 88.1 Å². The van der Waals surface area contributed by atoms with Gasteiger partial charge in [0.25, 0.3) is 0 Å². The summed E-state index contributed by atoms with van der Waals surface area (Å²) in [6.45, 7) is 0.430. The van der Waals surface area contributed by atoms with Crippen molar-refractivity contribution < 1.29 is 9.47 Å². The Morgan fingerprint density at radius 1 is 1.09 bits per heavy atom. The molecule has 35 heavy (non-hydrogen) atoms. The van der Waals surface area contributed by atoms with Gasteiger partial charge >= 0.3 is 0 Å². The summed E-state index contributed by atoms with van der Waals surface area (Å²) in [6.07, 6.45) is 1.86. The quantitative estimate of drug-likeness (QED) is 0.106. The zero-order valence-electron chi connectivity index (χ0n) is 18.7. The van der Waals surface area contributed by atoms with E-state index in [9.17, 15) is 5.26 Å². The van der Waals surface area contributed by atoms with Crippen LogP contribution < -0.4 is 9.47 Å². The molecule has 0 radical (unpaired) electrons. The van der Waals surface area contributed by atoms with Crippen LogP contribution in [0.3, 0.4) is 0 Å². The number of thiazole rings is 1. The number of nitriles is 1. The lowest BCUT2D eigenvalue weighted by atomic mass is 10.1. The van der Waals surface area contributed by atoms with E-state index < -0.39 is 0 Å². The lowest BCUT2D eigenvalue weighted by molar-refractivity contribution is 0.283. The number of benzene rings is 4. The van der Waals surface area contributed by atoms with Gasteiger partial charge in [0.2, 0.25) is 0 Å². The molecule has 1 aromatic heterocycles. The maximum absolute atomic E-state index is 9.75. The summed E-state index contributed by atoms with van der Waals surface area (Å²) in [5, 5.41) is 12.1.